The number of hydrogen-bond donors (Lipinski definition) is 1. The van der Waals surface area contributed by atoms with Gasteiger partial charge in [-0.05, 0) is 31.5 Å². The number of piperazine rings is 1. The predicted octanol–water partition coefficient (Wildman–Crippen LogP) is 1.93. The molecule has 0 spiro atoms. The summed E-state index contributed by atoms with van der Waals surface area (Å²) in [5.41, 5.74) is 0.187. The molecule has 5 heteroatoms. The lowest BCUT2D eigenvalue weighted by Crippen LogP contribution is -2.62. The zero-order valence-corrected chi connectivity index (χ0v) is 12.9. The van der Waals surface area contributed by atoms with E-state index in [1.54, 1.807) is 17.0 Å². The third-order valence-corrected chi connectivity index (χ3v) is 4.23. The van der Waals surface area contributed by atoms with Crippen molar-refractivity contribution in [2.24, 2.45) is 0 Å². The molecule has 110 valence electrons. The summed E-state index contributed by atoms with van der Waals surface area (Å²) in [5.74, 6) is 0.0852. The molecule has 1 heterocycles. The predicted molar refractivity (Wildman–Crippen MR) is 79.7 cm³/mol. The fourth-order valence-electron chi connectivity index (χ4n) is 2.60. The second-order valence-electron chi connectivity index (χ2n) is 5.80. The molecule has 0 saturated carbocycles. The first-order valence-electron chi connectivity index (χ1n) is 6.76. The van der Waals surface area contributed by atoms with Crippen LogP contribution in [0.15, 0.2) is 24.3 Å². The average Bonchev–Trinajstić information content (AvgIpc) is 2.40. The van der Waals surface area contributed by atoms with Crippen LogP contribution in [0, 0.1) is 0 Å². The topological polar surface area (TPSA) is 43.8 Å². The molecule has 1 fully saturated rings. The molecule has 0 radical (unpaired) electrons. The van der Waals surface area contributed by atoms with Crippen molar-refractivity contribution < 1.29 is 9.90 Å². The number of nitrogens with zero attached hydrogens (tertiary/aromatic N) is 2. The number of rotatable bonds is 3. The first kappa shape index (κ1) is 15.3. The van der Waals surface area contributed by atoms with Crippen LogP contribution in [0.3, 0.4) is 0 Å². The Morgan fingerprint density at radius 3 is 2.75 bits per heavy atom. The Hall–Kier alpha value is -1.10. The summed E-state index contributed by atoms with van der Waals surface area (Å²) in [6, 6.07) is 7.21. The third-order valence-electron chi connectivity index (χ3n) is 3.99. The Balaban J connectivity index is 2.11. The Morgan fingerprint density at radius 2 is 2.10 bits per heavy atom. The molecule has 1 aliphatic heterocycles. The fourth-order valence-corrected chi connectivity index (χ4v) is 2.80. The second-order valence-corrected chi connectivity index (χ2v) is 6.24. The first-order valence-corrected chi connectivity index (χ1v) is 7.14. The number of likely N-dealkylation sites (N-methyl/N-ethyl adjacent to an activating group) is 1. The zero-order valence-electron chi connectivity index (χ0n) is 12.1. The van der Waals surface area contributed by atoms with Crippen molar-refractivity contribution in [1.82, 2.24) is 9.80 Å². The lowest BCUT2D eigenvalue weighted by molar-refractivity contribution is -0.148. The van der Waals surface area contributed by atoms with Crippen molar-refractivity contribution in [3.05, 3.63) is 34.9 Å². The summed E-state index contributed by atoms with van der Waals surface area (Å²) in [5, 5.41) is 11.0. The summed E-state index contributed by atoms with van der Waals surface area (Å²) >= 11 is 5.94. The van der Waals surface area contributed by atoms with E-state index in [0.717, 1.165) is 12.1 Å². The van der Waals surface area contributed by atoms with Crippen LogP contribution in [-0.4, -0.2) is 53.0 Å². The molecule has 1 atom stereocenters. The highest BCUT2D eigenvalue weighted by Crippen LogP contribution is 2.26. The summed E-state index contributed by atoms with van der Waals surface area (Å²) in [6.45, 7) is 5.66. The molecule has 1 N–H and O–H groups in total. The van der Waals surface area contributed by atoms with Gasteiger partial charge in [-0.3, -0.25) is 9.69 Å². The Labute approximate surface area is 124 Å². The molecule has 1 unspecified atom stereocenters. The van der Waals surface area contributed by atoms with E-state index in [1.165, 1.54) is 0 Å². The van der Waals surface area contributed by atoms with Gasteiger partial charge < -0.3 is 10.0 Å². The van der Waals surface area contributed by atoms with Crippen LogP contribution in [0.1, 0.15) is 25.5 Å². The minimum Gasteiger partial charge on any atom is -0.387 e. The maximum Gasteiger partial charge on any atom is 0.242 e. The van der Waals surface area contributed by atoms with Gasteiger partial charge in [0, 0.05) is 31.7 Å². The van der Waals surface area contributed by atoms with Crippen molar-refractivity contribution in [1.29, 1.82) is 0 Å². The lowest BCUT2D eigenvalue weighted by atomic mass is 9.96. The molecule has 1 aromatic rings. The van der Waals surface area contributed by atoms with Crippen molar-refractivity contribution in [3.63, 3.8) is 0 Å². The van der Waals surface area contributed by atoms with E-state index in [2.05, 4.69) is 0 Å². The van der Waals surface area contributed by atoms with Gasteiger partial charge in [-0.1, -0.05) is 23.7 Å². The summed E-state index contributed by atoms with van der Waals surface area (Å²) < 4.78 is 0. The average molecular weight is 297 g/mol. The SMILES string of the molecule is CN1CCN(CC(O)c2cccc(Cl)c2)C(C)(C)C1=O. The zero-order chi connectivity index (χ0) is 14.9. The molecule has 2 rings (SSSR count). The van der Waals surface area contributed by atoms with E-state index in [1.807, 2.05) is 37.9 Å². The number of carbonyl (C=O) groups is 1. The highest BCUT2D eigenvalue weighted by atomic mass is 35.5. The largest absolute Gasteiger partial charge is 0.387 e. The Kier molecular flexibility index (Phi) is 4.37. The molecule has 20 heavy (non-hydrogen) atoms. The van der Waals surface area contributed by atoms with Crippen molar-refractivity contribution in [2.45, 2.75) is 25.5 Å². The summed E-state index contributed by atoms with van der Waals surface area (Å²) in [7, 11) is 1.81. The molecular weight excluding hydrogens is 276 g/mol. The normalized spacial score (nSPS) is 21.1. The molecule has 1 amide bonds. The lowest BCUT2D eigenvalue weighted by Gasteiger charge is -2.45. The molecule has 1 aromatic carbocycles. The Morgan fingerprint density at radius 1 is 1.40 bits per heavy atom. The molecular formula is C15H21ClN2O2. The smallest absolute Gasteiger partial charge is 0.242 e. The molecule has 1 saturated heterocycles. The Bertz CT molecular complexity index is 504. The van der Waals surface area contributed by atoms with Crippen LogP contribution in [-0.2, 0) is 4.79 Å². The molecule has 0 aromatic heterocycles. The first-order chi connectivity index (χ1) is 9.32. The maximum atomic E-state index is 12.2. The number of carbonyl (C=O) groups excluding carboxylic acids is 1. The van der Waals surface area contributed by atoms with Gasteiger partial charge in [0.25, 0.3) is 0 Å². The van der Waals surface area contributed by atoms with E-state index in [9.17, 15) is 9.90 Å². The number of hydrogen-bond acceptors (Lipinski definition) is 3. The van der Waals surface area contributed by atoms with Gasteiger partial charge >= 0.3 is 0 Å². The van der Waals surface area contributed by atoms with Crippen LogP contribution in [0.2, 0.25) is 5.02 Å². The standard InChI is InChI=1S/C15H21ClN2O2/c1-15(2)14(20)17(3)7-8-18(15)10-13(19)11-5-4-6-12(16)9-11/h4-6,9,13,19H,7-8,10H2,1-3H3. The molecule has 0 bridgehead atoms. The molecule has 1 aliphatic rings. The van der Waals surface area contributed by atoms with Gasteiger partial charge in [0.15, 0.2) is 0 Å². The van der Waals surface area contributed by atoms with Crippen molar-refractivity contribution in [2.75, 3.05) is 26.7 Å². The third kappa shape index (κ3) is 2.97. The van der Waals surface area contributed by atoms with Crippen LogP contribution in [0.25, 0.3) is 0 Å². The quantitative estimate of drug-likeness (QED) is 0.927. The highest BCUT2D eigenvalue weighted by Gasteiger charge is 2.40. The van der Waals surface area contributed by atoms with Crippen LogP contribution >= 0.6 is 11.6 Å². The van der Waals surface area contributed by atoms with E-state index in [-0.39, 0.29) is 5.91 Å². The van der Waals surface area contributed by atoms with Crippen LogP contribution < -0.4 is 0 Å². The summed E-state index contributed by atoms with van der Waals surface area (Å²) in [4.78, 5) is 16.0. The highest BCUT2D eigenvalue weighted by molar-refractivity contribution is 6.30. The molecule has 4 nitrogen and oxygen atoms in total. The van der Waals surface area contributed by atoms with E-state index in [4.69, 9.17) is 11.6 Å². The monoisotopic (exact) mass is 296 g/mol. The number of halogens is 1. The number of aliphatic hydroxyl groups is 1. The second kappa shape index (κ2) is 5.72. The van der Waals surface area contributed by atoms with Gasteiger partial charge in [-0.25, -0.2) is 0 Å². The van der Waals surface area contributed by atoms with Crippen LogP contribution in [0.4, 0.5) is 0 Å². The van der Waals surface area contributed by atoms with Gasteiger partial charge in [0.1, 0.15) is 0 Å². The molecule has 0 aliphatic carbocycles. The number of amides is 1. The van der Waals surface area contributed by atoms with Crippen molar-refractivity contribution >= 4 is 17.5 Å². The van der Waals surface area contributed by atoms with Crippen LogP contribution in [0.5, 0.6) is 0 Å². The number of benzene rings is 1. The number of aliphatic hydroxyl groups excluding tert-OH is 1. The van der Waals surface area contributed by atoms with E-state index in [0.29, 0.717) is 18.1 Å². The number of β-amino-alcohol motifs (C(OH)–C–C–N with tert-alkyl or cyclic N) is 1. The van der Waals surface area contributed by atoms with Crippen molar-refractivity contribution in [3.8, 4) is 0 Å². The van der Waals surface area contributed by atoms with Gasteiger partial charge in [0.2, 0.25) is 5.91 Å². The van der Waals surface area contributed by atoms with Gasteiger partial charge in [-0.2, -0.15) is 0 Å². The maximum absolute atomic E-state index is 12.2. The van der Waals surface area contributed by atoms with Gasteiger partial charge in [-0.15, -0.1) is 0 Å². The summed E-state index contributed by atoms with van der Waals surface area (Å²) in [6.07, 6.45) is -0.649. The minimum atomic E-state index is -0.649. The van der Waals surface area contributed by atoms with Gasteiger partial charge in [0.05, 0.1) is 11.6 Å². The fraction of sp³-hybridized carbons (Fsp3) is 0.533. The van der Waals surface area contributed by atoms with E-state index >= 15 is 0 Å². The minimum absolute atomic E-state index is 0.0852. The van der Waals surface area contributed by atoms with E-state index < -0.39 is 11.6 Å².